The maximum Gasteiger partial charge on any atom is 0.243 e. The number of nitrogens with zero attached hydrogens (tertiary/aromatic N) is 1. The van der Waals surface area contributed by atoms with E-state index in [0.29, 0.717) is 0 Å². The quantitative estimate of drug-likeness (QED) is 0.578. The molecule has 0 bridgehead atoms. The highest BCUT2D eigenvalue weighted by Gasteiger charge is 2.49. The van der Waals surface area contributed by atoms with E-state index < -0.39 is 5.54 Å². The highest BCUT2D eigenvalue weighted by molar-refractivity contribution is 8.02. The average Bonchev–Trinajstić information content (AvgIpc) is 2.51. The molecular formula is C16H27NO3S. The van der Waals surface area contributed by atoms with Crippen LogP contribution in [0.4, 0.5) is 0 Å². The lowest BCUT2D eigenvalue weighted by molar-refractivity contribution is -0.144. The molecule has 0 spiro atoms. The molecule has 1 heterocycles. The van der Waals surface area contributed by atoms with Crippen LogP contribution in [0, 0.1) is 5.41 Å². The molecule has 0 radical (unpaired) electrons. The Hall–Kier alpha value is -0.840. The summed E-state index contributed by atoms with van der Waals surface area (Å²) in [5.74, 6) is -0.330. The maximum absolute atomic E-state index is 12.6. The van der Waals surface area contributed by atoms with Crippen LogP contribution in [0.25, 0.3) is 0 Å². The zero-order chi connectivity index (χ0) is 16.6. The van der Waals surface area contributed by atoms with Crippen molar-refractivity contribution in [2.75, 3.05) is 0 Å². The van der Waals surface area contributed by atoms with Crippen LogP contribution in [0.2, 0.25) is 0 Å². The van der Waals surface area contributed by atoms with Gasteiger partial charge >= 0.3 is 0 Å². The lowest BCUT2D eigenvalue weighted by atomic mass is 9.83. The Balaban J connectivity index is 2.95. The predicted molar refractivity (Wildman–Crippen MR) is 86.1 cm³/mol. The largest absolute Gasteiger partial charge is 0.303 e. The average molecular weight is 313 g/mol. The molecule has 0 N–H and O–H groups in total. The summed E-state index contributed by atoms with van der Waals surface area (Å²) in [6, 6.07) is 0. The van der Waals surface area contributed by atoms with Crippen molar-refractivity contribution in [3.05, 3.63) is 0 Å². The van der Waals surface area contributed by atoms with Gasteiger partial charge in [0.05, 0.1) is 10.8 Å². The van der Waals surface area contributed by atoms with E-state index in [9.17, 15) is 14.4 Å². The summed E-state index contributed by atoms with van der Waals surface area (Å²) in [5, 5.41) is -0.349. The number of carbonyl (C=O) groups excluding carboxylic acids is 3. The summed E-state index contributed by atoms with van der Waals surface area (Å²) in [6.07, 6.45) is 1.16. The Labute approximate surface area is 132 Å². The summed E-state index contributed by atoms with van der Waals surface area (Å²) in [4.78, 5) is 36.9. The molecule has 1 aliphatic heterocycles. The fraction of sp³-hybridized carbons (Fsp3) is 0.812. The van der Waals surface area contributed by atoms with Crippen LogP contribution in [0.5, 0.6) is 0 Å². The van der Waals surface area contributed by atoms with Crippen molar-refractivity contribution in [2.24, 2.45) is 5.41 Å². The molecule has 1 unspecified atom stereocenters. The highest BCUT2D eigenvalue weighted by Crippen LogP contribution is 2.46. The predicted octanol–water partition coefficient (Wildman–Crippen LogP) is 3.04. The minimum Gasteiger partial charge on any atom is -0.303 e. The minimum absolute atomic E-state index is 0.0206. The normalized spacial score (nSPS) is 21.1. The molecule has 0 aromatic rings. The van der Waals surface area contributed by atoms with Gasteiger partial charge in [-0.15, -0.1) is 11.8 Å². The summed E-state index contributed by atoms with van der Waals surface area (Å²) in [5.41, 5.74) is -0.718. The monoisotopic (exact) mass is 313 g/mol. The van der Waals surface area contributed by atoms with Gasteiger partial charge < -0.3 is 4.79 Å². The van der Waals surface area contributed by atoms with E-state index in [-0.39, 0.29) is 40.1 Å². The van der Waals surface area contributed by atoms with Gasteiger partial charge in [0.2, 0.25) is 11.8 Å². The summed E-state index contributed by atoms with van der Waals surface area (Å²) >= 11 is 1.57. The molecule has 1 atom stereocenters. The van der Waals surface area contributed by atoms with Gasteiger partial charge in [-0.05, 0) is 19.3 Å². The molecule has 0 aliphatic carbocycles. The Morgan fingerprint density at radius 1 is 1.14 bits per heavy atom. The summed E-state index contributed by atoms with van der Waals surface area (Å²) < 4.78 is -0.127. The van der Waals surface area contributed by atoms with Crippen molar-refractivity contribution in [3.63, 3.8) is 0 Å². The maximum atomic E-state index is 12.6. The van der Waals surface area contributed by atoms with Crippen molar-refractivity contribution in [3.8, 4) is 0 Å². The van der Waals surface area contributed by atoms with E-state index in [4.69, 9.17) is 0 Å². The van der Waals surface area contributed by atoms with Crippen LogP contribution in [0.15, 0.2) is 0 Å². The van der Waals surface area contributed by atoms with E-state index in [2.05, 4.69) is 34.6 Å². The van der Waals surface area contributed by atoms with Crippen LogP contribution in [-0.2, 0) is 14.4 Å². The van der Waals surface area contributed by atoms with E-state index in [1.54, 1.807) is 25.6 Å². The second-order valence-electron chi connectivity index (χ2n) is 7.82. The molecule has 1 saturated heterocycles. The van der Waals surface area contributed by atoms with Gasteiger partial charge in [-0.2, -0.15) is 0 Å². The third kappa shape index (κ3) is 3.68. The van der Waals surface area contributed by atoms with Gasteiger partial charge in [-0.1, -0.05) is 34.6 Å². The Morgan fingerprint density at radius 2 is 1.67 bits per heavy atom. The first-order valence-corrected chi connectivity index (χ1v) is 8.20. The third-order valence-electron chi connectivity index (χ3n) is 4.54. The Morgan fingerprint density at radius 3 is 2.10 bits per heavy atom. The van der Waals surface area contributed by atoms with Crippen LogP contribution in [0.3, 0.4) is 0 Å². The zero-order valence-electron chi connectivity index (χ0n) is 14.1. The fourth-order valence-corrected chi connectivity index (χ4v) is 3.66. The SMILES string of the molecule is CC(C)(CC=O)N1C(=O)CC(SC(C)(C)C(C)(C)C)C1=O. The van der Waals surface area contributed by atoms with Gasteiger partial charge in [-0.25, -0.2) is 0 Å². The molecule has 2 amide bonds. The molecule has 0 saturated carbocycles. The fourth-order valence-electron chi connectivity index (χ4n) is 2.16. The van der Waals surface area contributed by atoms with Crippen LogP contribution in [0.1, 0.15) is 61.3 Å². The minimum atomic E-state index is -0.739. The molecule has 21 heavy (non-hydrogen) atoms. The van der Waals surface area contributed by atoms with Crippen LogP contribution >= 0.6 is 11.8 Å². The smallest absolute Gasteiger partial charge is 0.243 e. The molecule has 0 aromatic heterocycles. The van der Waals surface area contributed by atoms with Crippen LogP contribution < -0.4 is 0 Å². The molecule has 4 nitrogen and oxygen atoms in total. The number of aldehydes is 1. The first kappa shape index (κ1) is 18.2. The number of amides is 2. The van der Waals surface area contributed by atoms with Crippen LogP contribution in [-0.4, -0.2) is 38.5 Å². The van der Waals surface area contributed by atoms with Crippen molar-refractivity contribution in [1.29, 1.82) is 0 Å². The lowest BCUT2D eigenvalue weighted by Crippen LogP contribution is -2.48. The Bertz CT molecular complexity index is 449. The van der Waals surface area contributed by atoms with Crippen molar-refractivity contribution < 1.29 is 14.4 Å². The van der Waals surface area contributed by atoms with Gasteiger partial charge in [-0.3, -0.25) is 14.5 Å². The number of carbonyl (C=O) groups is 3. The molecule has 5 heteroatoms. The standard InChI is InChI=1S/C16H27NO3S/c1-14(2,3)16(6,7)21-11-10-12(19)17(13(11)20)15(4,5)8-9-18/h9,11H,8,10H2,1-7H3. The number of hydrogen-bond acceptors (Lipinski definition) is 4. The van der Waals surface area contributed by atoms with Crippen molar-refractivity contribution >= 4 is 29.9 Å². The van der Waals surface area contributed by atoms with E-state index >= 15 is 0 Å². The molecular weight excluding hydrogens is 286 g/mol. The van der Waals surface area contributed by atoms with Gasteiger partial charge in [0.15, 0.2) is 0 Å². The van der Waals surface area contributed by atoms with Crippen molar-refractivity contribution in [2.45, 2.75) is 76.8 Å². The number of likely N-dealkylation sites (tertiary alicyclic amines) is 1. The molecule has 120 valence electrons. The molecule has 0 aromatic carbocycles. The van der Waals surface area contributed by atoms with Crippen molar-refractivity contribution in [1.82, 2.24) is 4.90 Å². The summed E-state index contributed by atoms with van der Waals surface area (Å²) in [7, 11) is 0. The number of rotatable bonds is 5. The molecule has 1 aliphatic rings. The number of thioether (sulfide) groups is 1. The van der Waals surface area contributed by atoms with Gasteiger partial charge in [0.1, 0.15) is 6.29 Å². The molecule has 1 rings (SSSR count). The number of imide groups is 1. The second-order valence-corrected chi connectivity index (χ2v) is 9.65. The van der Waals surface area contributed by atoms with Gasteiger partial charge in [0.25, 0.3) is 0 Å². The lowest BCUT2D eigenvalue weighted by Gasteiger charge is -2.40. The first-order chi connectivity index (χ1) is 9.33. The zero-order valence-corrected chi connectivity index (χ0v) is 15.0. The van der Waals surface area contributed by atoms with E-state index in [1.165, 1.54) is 4.90 Å². The second kappa shape index (κ2) is 5.75. The molecule has 1 fully saturated rings. The number of hydrogen-bond donors (Lipinski definition) is 0. The van der Waals surface area contributed by atoms with E-state index in [0.717, 1.165) is 6.29 Å². The van der Waals surface area contributed by atoms with E-state index in [1.807, 2.05) is 0 Å². The first-order valence-electron chi connectivity index (χ1n) is 7.32. The third-order valence-corrected chi connectivity index (χ3v) is 6.39. The topological polar surface area (TPSA) is 54.5 Å². The summed E-state index contributed by atoms with van der Waals surface area (Å²) in [6.45, 7) is 14.1. The van der Waals surface area contributed by atoms with Gasteiger partial charge in [0, 0.05) is 17.6 Å². The Kier molecular flexibility index (Phi) is 4.98. The highest BCUT2D eigenvalue weighted by atomic mass is 32.2.